The highest BCUT2D eigenvalue weighted by Crippen LogP contribution is 2.34. The van der Waals surface area contributed by atoms with Crippen LogP contribution in [0.3, 0.4) is 0 Å². The van der Waals surface area contributed by atoms with Crippen LogP contribution >= 0.6 is 11.6 Å². The Morgan fingerprint density at radius 2 is 2.07 bits per heavy atom. The summed E-state index contributed by atoms with van der Waals surface area (Å²) in [6.07, 6.45) is 2.31. The molecule has 1 aliphatic rings. The highest BCUT2D eigenvalue weighted by atomic mass is 35.5. The Morgan fingerprint density at radius 3 is 2.86 bits per heavy atom. The van der Waals surface area contributed by atoms with Crippen LogP contribution in [0.4, 0.5) is 10.5 Å². The normalized spacial score (nSPS) is 15.5. The van der Waals surface area contributed by atoms with Gasteiger partial charge >= 0.3 is 12.0 Å². The molecule has 3 aromatic rings. The summed E-state index contributed by atoms with van der Waals surface area (Å²) in [5.41, 5.74) is 3.56. The zero-order chi connectivity index (χ0) is 20.4. The molecular weight excluding hydrogens is 392 g/mol. The number of carbonyl (C=O) groups is 2. The molecule has 4 rings (SSSR count). The van der Waals surface area contributed by atoms with E-state index >= 15 is 0 Å². The van der Waals surface area contributed by atoms with Gasteiger partial charge in [0.05, 0.1) is 24.7 Å². The maximum Gasteiger partial charge on any atom is 0.337 e. The average molecular weight is 411 g/mol. The van der Waals surface area contributed by atoms with Gasteiger partial charge < -0.3 is 19.9 Å². The highest BCUT2D eigenvalue weighted by Gasteiger charge is 2.34. The largest absolute Gasteiger partial charge is 0.465 e. The van der Waals surface area contributed by atoms with Crippen molar-refractivity contribution >= 4 is 29.3 Å². The fourth-order valence-electron chi connectivity index (χ4n) is 3.55. The van der Waals surface area contributed by atoms with E-state index in [2.05, 4.69) is 15.3 Å². The maximum absolute atomic E-state index is 13.1. The molecule has 29 heavy (non-hydrogen) atoms. The van der Waals surface area contributed by atoms with Crippen LogP contribution in [0.25, 0.3) is 0 Å². The van der Waals surface area contributed by atoms with Gasteiger partial charge in [0.25, 0.3) is 0 Å². The van der Waals surface area contributed by atoms with Crippen LogP contribution in [0.5, 0.6) is 0 Å². The molecule has 0 unspecified atom stereocenters. The first kappa shape index (κ1) is 19.0. The summed E-state index contributed by atoms with van der Waals surface area (Å²) in [6, 6.07) is 13.4. The molecular formula is C21H19ClN4O3. The van der Waals surface area contributed by atoms with Gasteiger partial charge in [0, 0.05) is 29.4 Å². The minimum absolute atomic E-state index is 0.286. The van der Waals surface area contributed by atoms with Gasteiger partial charge in [-0.25, -0.2) is 14.6 Å². The number of ether oxygens (including phenoxy) is 1. The van der Waals surface area contributed by atoms with Gasteiger partial charge in [0.2, 0.25) is 0 Å². The van der Waals surface area contributed by atoms with Crippen molar-refractivity contribution in [3.8, 4) is 0 Å². The molecule has 2 aromatic carbocycles. The number of benzene rings is 2. The Labute approximate surface area is 172 Å². The lowest BCUT2D eigenvalue weighted by atomic mass is 9.96. The molecule has 0 radical (unpaired) electrons. The van der Waals surface area contributed by atoms with E-state index < -0.39 is 5.97 Å². The third-order valence-corrected chi connectivity index (χ3v) is 5.12. The number of carbonyl (C=O) groups excluding carboxylic acids is 2. The summed E-state index contributed by atoms with van der Waals surface area (Å²) in [5.74, 6) is -0.461. The van der Waals surface area contributed by atoms with Crippen LogP contribution in [0.2, 0.25) is 5.02 Å². The molecule has 0 saturated heterocycles. The number of imidazole rings is 1. The van der Waals surface area contributed by atoms with Crippen LogP contribution in [0.1, 0.15) is 33.4 Å². The van der Waals surface area contributed by atoms with E-state index in [1.165, 1.54) is 7.11 Å². The van der Waals surface area contributed by atoms with Crippen LogP contribution in [0, 0.1) is 0 Å². The molecule has 7 nitrogen and oxygen atoms in total. The van der Waals surface area contributed by atoms with Gasteiger partial charge in [-0.05, 0) is 35.9 Å². The fourth-order valence-corrected chi connectivity index (χ4v) is 3.75. The molecule has 0 bridgehead atoms. The first-order valence-electron chi connectivity index (χ1n) is 9.10. The summed E-state index contributed by atoms with van der Waals surface area (Å²) in [7, 11) is 1.32. The van der Waals surface area contributed by atoms with E-state index in [0.29, 0.717) is 29.2 Å². The number of nitrogens with zero attached hydrogens (tertiary/aromatic N) is 2. The van der Waals surface area contributed by atoms with Gasteiger partial charge in [-0.3, -0.25) is 0 Å². The van der Waals surface area contributed by atoms with Crippen molar-refractivity contribution in [3.63, 3.8) is 0 Å². The number of halogens is 1. The van der Waals surface area contributed by atoms with Crippen molar-refractivity contribution in [3.05, 3.63) is 82.4 Å². The number of nitrogens with one attached hydrogen (secondary N) is 2. The Bertz CT molecular complexity index is 1070. The summed E-state index contributed by atoms with van der Waals surface area (Å²) >= 11 is 6.19. The lowest BCUT2D eigenvalue weighted by Crippen LogP contribution is -2.43. The first-order chi connectivity index (χ1) is 14.1. The van der Waals surface area contributed by atoms with Crippen molar-refractivity contribution in [1.29, 1.82) is 0 Å². The number of hydrogen-bond acceptors (Lipinski definition) is 4. The van der Waals surface area contributed by atoms with E-state index in [4.69, 9.17) is 16.3 Å². The van der Waals surface area contributed by atoms with Crippen molar-refractivity contribution in [2.75, 3.05) is 19.0 Å². The number of hydrogen-bond donors (Lipinski definition) is 2. The number of H-pyrrole nitrogens is 1. The number of fused-ring (bicyclic) bond motifs is 1. The Morgan fingerprint density at radius 1 is 1.24 bits per heavy atom. The van der Waals surface area contributed by atoms with Gasteiger partial charge in [-0.2, -0.15) is 0 Å². The number of urea groups is 1. The number of rotatable bonds is 3. The van der Waals surface area contributed by atoms with Gasteiger partial charge in [0.15, 0.2) is 0 Å². The van der Waals surface area contributed by atoms with Crippen LogP contribution in [0.15, 0.2) is 54.9 Å². The predicted octanol–water partition coefficient (Wildman–Crippen LogP) is 4.03. The van der Waals surface area contributed by atoms with Crippen LogP contribution in [-0.2, 0) is 11.2 Å². The molecule has 2 heterocycles. The second-order valence-electron chi connectivity index (χ2n) is 6.67. The Kier molecular flexibility index (Phi) is 5.22. The molecule has 0 aliphatic carbocycles. The summed E-state index contributed by atoms with van der Waals surface area (Å²) in [5, 5.41) is 3.47. The standard InChI is InChI=1S/C21H19ClN4O3/c1-29-20(27)14-5-3-7-16(11-14)25-21(28)26-9-8-17-18(24-12-23-17)19(26)13-4-2-6-15(22)10-13/h2-7,10-12,19H,8-9H2,1H3,(H,23,24)(H,25,28)/t19-/m1/s1. The molecule has 1 aliphatic heterocycles. The summed E-state index contributed by atoms with van der Waals surface area (Å²) in [6.45, 7) is 0.509. The predicted molar refractivity (Wildman–Crippen MR) is 109 cm³/mol. The number of anilines is 1. The van der Waals surface area contributed by atoms with Crippen molar-refractivity contribution in [2.24, 2.45) is 0 Å². The number of esters is 1. The Hall–Kier alpha value is -3.32. The molecule has 8 heteroatoms. The fraction of sp³-hybridized carbons (Fsp3) is 0.190. The first-order valence-corrected chi connectivity index (χ1v) is 9.48. The molecule has 2 amide bonds. The minimum atomic E-state index is -0.461. The van der Waals surface area contributed by atoms with Crippen LogP contribution < -0.4 is 5.32 Å². The highest BCUT2D eigenvalue weighted by molar-refractivity contribution is 6.30. The lowest BCUT2D eigenvalue weighted by molar-refractivity contribution is 0.0600. The number of aromatic nitrogens is 2. The summed E-state index contributed by atoms with van der Waals surface area (Å²) < 4.78 is 4.74. The third-order valence-electron chi connectivity index (χ3n) is 4.89. The zero-order valence-corrected chi connectivity index (χ0v) is 16.4. The van der Waals surface area contributed by atoms with E-state index in [1.54, 1.807) is 41.6 Å². The lowest BCUT2D eigenvalue weighted by Gasteiger charge is -2.35. The van der Waals surface area contributed by atoms with E-state index in [-0.39, 0.29) is 12.1 Å². The second-order valence-corrected chi connectivity index (χ2v) is 7.11. The van der Waals surface area contributed by atoms with E-state index in [1.807, 2.05) is 18.2 Å². The summed E-state index contributed by atoms with van der Waals surface area (Å²) in [4.78, 5) is 34.2. The molecule has 1 aromatic heterocycles. The van der Waals surface area contributed by atoms with E-state index in [9.17, 15) is 9.59 Å². The minimum Gasteiger partial charge on any atom is -0.465 e. The molecule has 0 spiro atoms. The molecule has 148 valence electrons. The maximum atomic E-state index is 13.1. The SMILES string of the molecule is COC(=O)c1cccc(NC(=O)N2CCc3[nH]cnc3[C@H]2c2cccc(Cl)c2)c1. The number of aromatic amines is 1. The molecule has 2 N–H and O–H groups in total. The average Bonchev–Trinajstić information content (AvgIpc) is 3.21. The second kappa shape index (κ2) is 7.97. The van der Waals surface area contributed by atoms with Crippen molar-refractivity contribution < 1.29 is 14.3 Å². The Balaban J connectivity index is 1.64. The third kappa shape index (κ3) is 3.82. The molecule has 0 fully saturated rings. The smallest absolute Gasteiger partial charge is 0.337 e. The van der Waals surface area contributed by atoms with E-state index in [0.717, 1.165) is 17.0 Å². The quantitative estimate of drug-likeness (QED) is 0.638. The molecule has 0 saturated carbocycles. The van der Waals surface area contributed by atoms with Crippen molar-refractivity contribution in [1.82, 2.24) is 14.9 Å². The number of methoxy groups -OCH3 is 1. The topological polar surface area (TPSA) is 87.3 Å². The van der Waals surface area contributed by atoms with Crippen LogP contribution in [-0.4, -0.2) is 40.5 Å². The zero-order valence-electron chi connectivity index (χ0n) is 15.7. The monoisotopic (exact) mass is 410 g/mol. The molecule has 1 atom stereocenters. The number of amides is 2. The van der Waals surface area contributed by atoms with Gasteiger partial charge in [-0.1, -0.05) is 29.8 Å². The van der Waals surface area contributed by atoms with Gasteiger partial charge in [-0.15, -0.1) is 0 Å². The van der Waals surface area contributed by atoms with Gasteiger partial charge in [0.1, 0.15) is 6.04 Å². The van der Waals surface area contributed by atoms with Crippen molar-refractivity contribution in [2.45, 2.75) is 12.5 Å².